The lowest BCUT2D eigenvalue weighted by Crippen LogP contribution is -2.18. The maximum Gasteiger partial charge on any atom is 0.259 e. The van der Waals surface area contributed by atoms with Gasteiger partial charge in [0.1, 0.15) is 5.01 Å². The Kier molecular flexibility index (Phi) is 5.76. The second kappa shape index (κ2) is 7.57. The van der Waals surface area contributed by atoms with E-state index in [4.69, 9.17) is 23.2 Å². The Morgan fingerprint density at radius 1 is 1.20 bits per heavy atom. The molecule has 0 aliphatic carbocycles. The highest BCUT2D eigenvalue weighted by Gasteiger charge is 2.14. The van der Waals surface area contributed by atoms with Crippen LogP contribution < -0.4 is 5.32 Å². The number of carbonyl (C=O) groups is 1. The van der Waals surface area contributed by atoms with Gasteiger partial charge in [-0.15, -0.1) is 10.2 Å². The third-order valence-electron chi connectivity index (χ3n) is 2.59. The molecule has 0 spiro atoms. The van der Waals surface area contributed by atoms with E-state index < -0.39 is 10.7 Å². The topological polar surface area (TPSA) is 54.9 Å². The van der Waals surface area contributed by atoms with Crippen molar-refractivity contribution in [2.45, 2.75) is 24.1 Å². The zero-order valence-electron chi connectivity index (χ0n) is 10.6. The van der Waals surface area contributed by atoms with Crippen LogP contribution in [0.3, 0.4) is 0 Å². The van der Waals surface area contributed by atoms with E-state index in [1.807, 2.05) is 18.2 Å². The number of nitrogens with one attached hydrogen (secondary N) is 1. The van der Waals surface area contributed by atoms with E-state index >= 15 is 0 Å². The molecule has 0 saturated carbocycles. The minimum Gasteiger partial charge on any atom is -0.298 e. The lowest BCUT2D eigenvalue weighted by atomic mass is 10.1. The number of carbonyl (C=O) groups excluding carboxylic acids is 1. The maximum atomic E-state index is 11.3. The highest BCUT2D eigenvalue weighted by molar-refractivity contribution is 7.15. The van der Waals surface area contributed by atoms with Gasteiger partial charge in [-0.1, -0.05) is 64.9 Å². The van der Waals surface area contributed by atoms with Crippen molar-refractivity contribution in [1.82, 2.24) is 10.2 Å². The number of aromatic nitrogens is 2. The lowest BCUT2D eigenvalue weighted by Gasteiger charge is -1.99. The zero-order chi connectivity index (χ0) is 14.4. The van der Waals surface area contributed by atoms with Crippen LogP contribution in [0.15, 0.2) is 30.3 Å². The van der Waals surface area contributed by atoms with Gasteiger partial charge in [-0.3, -0.25) is 10.1 Å². The van der Waals surface area contributed by atoms with Crippen molar-refractivity contribution >= 4 is 45.6 Å². The molecule has 0 aliphatic heterocycles. The van der Waals surface area contributed by atoms with Crippen LogP contribution in [-0.4, -0.2) is 20.9 Å². The van der Waals surface area contributed by atoms with E-state index in [2.05, 4.69) is 27.6 Å². The quantitative estimate of drug-likeness (QED) is 0.826. The third-order valence-corrected chi connectivity index (χ3v) is 3.89. The van der Waals surface area contributed by atoms with Gasteiger partial charge in [-0.05, 0) is 18.4 Å². The molecule has 0 bridgehead atoms. The molecule has 0 aliphatic rings. The average molecular weight is 330 g/mol. The molecule has 0 atom stereocenters. The van der Waals surface area contributed by atoms with Crippen LogP contribution in [0.1, 0.15) is 17.0 Å². The van der Waals surface area contributed by atoms with E-state index in [0.717, 1.165) is 24.3 Å². The largest absolute Gasteiger partial charge is 0.298 e. The van der Waals surface area contributed by atoms with Crippen LogP contribution >= 0.6 is 34.5 Å². The molecule has 0 radical (unpaired) electrons. The molecule has 0 fully saturated rings. The van der Waals surface area contributed by atoms with Crippen LogP contribution in [-0.2, 0) is 17.6 Å². The molecule has 0 unspecified atom stereocenters. The van der Waals surface area contributed by atoms with Gasteiger partial charge in [0.25, 0.3) is 5.91 Å². The predicted octanol–water partition coefficient (Wildman–Crippen LogP) is 3.46. The Bertz CT molecular complexity index is 560. The summed E-state index contributed by atoms with van der Waals surface area (Å²) in [5, 5.41) is 11.7. The number of rotatable bonds is 6. The number of hydrogen-bond donors (Lipinski definition) is 1. The average Bonchev–Trinajstić information content (AvgIpc) is 2.87. The van der Waals surface area contributed by atoms with Crippen LogP contribution in [0, 0.1) is 0 Å². The maximum absolute atomic E-state index is 11.3. The molecule has 0 saturated heterocycles. The summed E-state index contributed by atoms with van der Waals surface area (Å²) in [5.74, 6) is -0.486. The minimum atomic E-state index is -1.10. The first-order chi connectivity index (χ1) is 9.65. The number of aryl methyl sites for hydroxylation is 2. The first-order valence-corrected chi connectivity index (χ1v) is 7.79. The Labute approximate surface area is 131 Å². The van der Waals surface area contributed by atoms with E-state index in [9.17, 15) is 4.79 Å². The fourth-order valence-electron chi connectivity index (χ4n) is 1.65. The molecule has 7 heteroatoms. The molecule has 4 nitrogen and oxygen atoms in total. The molecule has 1 aromatic heterocycles. The Balaban J connectivity index is 1.80. The number of benzene rings is 1. The van der Waals surface area contributed by atoms with Crippen molar-refractivity contribution in [2.24, 2.45) is 0 Å². The van der Waals surface area contributed by atoms with Crippen molar-refractivity contribution in [3.8, 4) is 0 Å². The zero-order valence-corrected chi connectivity index (χ0v) is 12.9. The first kappa shape index (κ1) is 15.2. The summed E-state index contributed by atoms with van der Waals surface area (Å²) in [6.07, 6.45) is 2.81. The summed E-state index contributed by atoms with van der Waals surface area (Å²) in [6, 6.07) is 10.3. The molecule has 106 valence electrons. The van der Waals surface area contributed by atoms with Gasteiger partial charge in [0.15, 0.2) is 4.84 Å². The first-order valence-electron chi connectivity index (χ1n) is 6.10. The summed E-state index contributed by atoms with van der Waals surface area (Å²) in [6.45, 7) is 0. The van der Waals surface area contributed by atoms with Crippen molar-refractivity contribution < 1.29 is 4.79 Å². The second-order valence-electron chi connectivity index (χ2n) is 4.13. The number of alkyl halides is 2. The summed E-state index contributed by atoms with van der Waals surface area (Å²) in [7, 11) is 0. The number of amides is 1. The molecule has 1 aromatic carbocycles. The van der Waals surface area contributed by atoms with Crippen LogP contribution in [0.2, 0.25) is 0 Å². The van der Waals surface area contributed by atoms with Gasteiger partial charge in [0.05, 0.1) is 0 Å². The SMILES string of the molecule is O=C(Nc1nnc(CCCc2ccccc2)s1)C(Cl)Cl. The monoisotopic (exact) mass is 329 g/mol. The minimum absolute atomic E-state index is 0.427. The number of anilines is 1. The van der Waals surface area contributed by atoms with E-state index in [0.29, 0.717) is 5.13 Å². The van der Waals surface area contributed by atoms with Gasteiger partial charge in [-0.2, -0.15) is 0 Å². The lowest BCUT2D eigenvalue weighted by molar-refractivity contribution is -0.114. The molecule has 2 aromatic rings. The van der Waals surface area contributed by atoms with Crippen molar-refractivity contribution in [3.05, 3.63) is 40.9 Å². The van der Waals surface area contributed by atoms with Gasteiger partial charge in [0, 0.05) is 6.42 Å². The number of halogens is 2. The van der Waals surface area contributed by atoms with Crippen molar-refractivity contribution in [1.29, 1.82) is 0 Å². The van der Waals surface area contributed by atoms with Gasteiger partial charge >= 0.3 is 0 Å². The molecule has 1 heterocycles. The van der Waals surface area contributed by atoms with Crippen LogP contribution in [0.4, 0.5) is 5.13 Å². The van der Waals surface area contributed by atoms with Gasteiger partial charge in [0.2, 0.25) is 5.13 Å². The molecule has 20 heavy (non-hydrogen) atoms. The molecular weight excluding hydrogens is 317 g/mol. The Morgan fingerprint density at radius 2 is 1.95 bits per heavy atom. The highest BCUT2D eigenvalue weighted by atomic mass is 35.5. The normalized spacial score (nSPS) is 10.8. The predicted molar refractivity (Wildman–Crippen MR) is 82.5 cm³/mol. The number of hydrogen-bond acceptors (Lipinski definition) is 4. The fourth-order valence-corrected chi connectivity index (χ4v) is 2.55. The van der Waals surface area contributed by atoms with E-state index in [1.165, 1.54) is 16.9 Å². The smallest absolute Gasteiger partial charge is 0.259 e. The standard InChI is InChI=1S/C13H13Cl2N3OS/c14-11(15)12(19)16-13-18-17-10(20-13)8-4-7-9-5-2-1-3-6-9/h1-3,5-6,11H,4,7-8H2,(H,16,18,19). The Morgan fingerprint density at radius 3 is 2.65 bits per heavy atom. The van der Waals surface area contributed by atoms with E-state index in [-0.39, 0.29) is 0 Å². The summed E-state index contributed by atoms with van der Waals surface area (Å²) < 4.78 is 0. The van der Waals surface area contributed by atoms with Crippen LogP contribution in [0.5, 0.6) is 0 Å². The number of nitrogens with zero attached hydrogens (tertiary/aromatic N) is 2. The fraction of sp³-hybridized carbons (Fsp3) is 0.308. The van der Waals surface area contributed by atoms with Crippen LogP contribution in [0.25, 0.3) is 0 Å². The second-order valence-corrected chi connectivity index (χ2v) is 6.29. The van der Waals surface area contributed by atoms with Gasteiger partial charge in [-0.25, -0.2) is 0 Å². The summed E-state index contributed by atoms with van der Waals surface area (Å²) >= 11 is 12.2. The highest BCUT2D eigenvalue weighted by Crippen LogP contribution is 2.18. The third kappa shape index (κ3) is 4.74. The van der Waals surface area contributed by atoms with Crippen molar-refractivity contribution in [2.75, 3.05) is 5.32 Å². The summed E-state index contributed by atoms with van der Waals surface area (Å²) in [5.41, 5.74) is 1.30. The van der Waals surface area contributed by atoms with Crippen molar-refractivity contribution in [3.63, 3.8) is 0 Å². The molecule has 1 amide bonds. The molecule has 1 N–H and O–H groups in total. The summed E-state index contributed by atoms with van der Waals surface area (Å²) in [4.78, 5) is 10.2. The molecule has 2 rings (SSSR count). The van der Waals surface area contributed by atoms with Gasteiger partial charge < -0.3 is 0 Å². The Hall–Kier alpha value is -1.17. The van der Waals surface area contributed by atoms with E-state index in [1.54, 1.807) is 0 Å². The molecular formula is C13H13Cl2N3OS.